The number of ether oxygens (including phenoxy) is 2. The second-order valence-corrected chi connectivity index (χ2v) is 8.08. The first kappa shape index (κ1) is 20.3. The Bertz CT molecular complexity index is 1280. The van der Waals surface area contributed by atoms with Crippen LogP contribution in [0.25, 0.3) is 5.82 Å². The van der Waals surface area contributed by atoms with Gasteiger partial charge in [0.2, 0.25) is 5.78 Å². The zero-order valence-electron chi connectivity index (χ0n) is 17.5. The molecule has 1 aliphatic rings. The van der Waals surface area contributed by atoms with Crippen LogP contribution in [0, 0.1) is 0 Å². The molecule has 1 atom stereocenters. The Hall–Kier alpha value is -3.57. The second-order valence-electron chi connectivity index (χ2n) is 7.64. The minimum atomic E-state index is -1.14. The number of halogens is 1. The average Bonchev–Trinajstić information content (AvgIpc) is 3.28. The van der Waals surface area contributed by atoms with E-state index in [9.17, 15) is 4.79 Å². The number of hydrogen-bond donors (Lipinski definition) is 0. The molecule has 0 saturated carbocycles. The van der Waals surface area contributed by atoms with Gasteiger partial charge in [-0.1, -0.05) is 48.9 Å². The maximum atomic E-state index is 13.7. The lowest BCUT2D eigenvalue weighted by atomic mass is 9.84. The van der Waals surface area contributed by atoms with Crippen molar-refractivity contribution in [2.24, 2.45) is 0 Å². The van der Waals surface area contributed by atoms with Gasteiger partial charge in [0, 0.05) is 23.0 Å². The third kappa shape index (κ3) is 3.45. The number of aromatic nitrogens is 2. The van der Waals surface area contributed by atoms with Gasteiger partial charge < -0.3 is 9.47 Å². The Morgan fingerprint density at radius 2 is 1.91 bits per heavy atom. The molecule has 0 aliphatic carbocycles. The Morgan fingerprint density at radius 1 is 1.06 bits per heavy atom. The maximum absolute atomic E-state index is 13.7. The van der Waals surface area contributed by atoms with E-state index in [0.717, 1.165) is 11.1 Å². The molecule has 0 fully saturated rings. The van der Waals surface area contributed by atoms with Crippen molar-refractivity contribution in [3.05, 3.63) is 107 Å². The van der Waals surface area contributed by atoms with Crippen molar-refractivity contribution in [2.75, 3.05) is 0 Å². The molecule has 0 amide bonds. The summed E-state index contributed by atoms with van der Waals surface area (Å²) in [5.74, 6) is 1.80. The number of Topliss-reactive ketones (excluding diaryl/α,β-unsaturated/α-hetero) is 1. The molecule has 4 aromatic rings. The van der Waals surface area contributed by atoms with Crippen LogP contribution < -0.4 is 9.47 Å². The van der Waals surface area contributed by atoms with Crippen LogP contribution in [0.3, 0.4) is 0 Å². The van der Waals surface area contributed by atoms with Crippen molar-refractivity contribution in [3.63, 3.8) is 0 Å². The number of fused-ring (bicyclic) bond motifs is 3. The van der Waals surface area contributed by atoms with Crippen LogP contribution in [0.1, 0.15) is 35.0 Å². The Labute approximate surface area is 191 Å². The van der Waals surface area contributed by atoms with E-state index in [2.05, 4.69) is 4.98 Å². The largest absolute Gasteiger partial charge is 0.489 e. The topological polar surface area (TPSA) is 53.4 Å². The molecule has 0 N–H and O–H groups in total. The molecular formula is C26H21ClN2O3. The number of pyridine rings is 1. The van der Waals surface area contributed by atoms with Gasteiger partial charge in [-0.25, -0.2) is 4.98 Å². The first-order chi connectivity index (χ1) is 15.6. The molecule has 5 nitrogen and oxygen atoms in total. The first-order valence-corrected chi connectivity index (χ1v) is 10.8. The summed E-state index contributed by atoms with van der Waals surface area (Å²) in [5.41, 5.74) is 1.18. The predicted octanol–water partition coefficient (Wildman–Crippen LogP) is 5.99. The Balaban J connectivity index is 1.48. The van der Waals surface area contributed by atoms with Gasteiger partial charge in [-0.15, -0.1) is 0 Å². The molecule has 0 unspecified atom stereocenters. The molecule has 0 spiro atoms. The molecular weight excluding hydrogens is 424 g/mol. The van der Waals surface area contributed by atoms with Crippen molar-refractivity contribution in [3.8, 4) is 17.3 Å². The fourth-order valence-electron chi connectivity index (χ4n) is 4.05. The lowest BCUT2D eigenvalue weighted by Crippen LogP contribution is -2.41. The van der Waals surface area contributed by atoms with Gasteiger partial charge in [-0.2, -0.15) is 0 Å². The summed E-state index contributed by atoms with van der Waals surface area (Å²) in [6.45, 7) is 2.35. The van der Waals surface area contributed by atoms with Crippen LogP contribution in [0.2, 0.25) is 5.02 Å². The van der Waals surface area contributed by atoms with E-state index in [0.29, 0.717) is 41.1 Å². The smallest absolute Gasteiger partial charge is 0.227 e. The highest BCUT2D eigenvalue weighted by atomic mass is 35.5. The lowest BCUT2D eigenvalue weighted by molar-refractivity contribution is 0.0423. The number of rotatable bonds is 5. The van der Waals surface area contributed by atoms with Crippen LogP contribution in [0.15, 0.2) is 85.2 Å². The molecule has 5 rings (SSSR count). The normalized spacial score (nSPS) is 17.1. The summed E-state index contributed by atoms with van der Waals surface area (Å²) in [4.78, 5) is 18.2. The number of benzene rings is 2. The molecule has 2 aromatic heterocycles. The van der Waals surface area contributed by atoms with Crippen molar-refractivity contribution in [1.29, 1.82) is 0 Å². The third-order valence-electron chi connectivity index (χ3n) is 5.73. The first-order valence-electron chi connectivity index (χ1n) is 10.4. The summed E-state index contributed by atoms with van der Waals surface area (Å²) < 4.78 is 14.1. The molecule has 1 aliphatic heterocycles. The van der Waals surface area contributed by atoms with Crippen molar-refractivity contribution < 1.29 is 14.3 Å². The van der Waals surface area contributed by atoms with E-state index in [1.54, 1.807) is 22.9 Å². The van der Waals surface area contributed by atoms with E-state index in [1.807, 2.05) is 73.8 Å². The summed E-state index contributed by atoms with van der Waals surface area (Å²) in [5, 5.41) is 0.631. The van der Waals surface area contributed by atoms with Crippen LogP contribution in [0.4, 0.5) is 0 Å². The number of hydrogen-bond acceptors (Lipinski definition) is 4. The molecule has 0 saturated heterocycles. The quantitative estimate of drug-likeness (QED) is 0.379. The summed E-state index contributed by atoms with van der Waals surface area (Å²) in [6.07, 6.45) is 4.01. The van der Waals surface area contributed by atoms with Gasteiger partial charge in [0.1, 0.15) is 12.4 Å². The van der Waals surface area contributed by atoms with Gasteiger partial charge in [0.25, 0.3) is 0 Å². The van der Waals surface area contributed by atoms with E-state index < -0.39 is 5.60 Å². The number of nitrogens with zero attached hydrogens (tertiary/aromatic N) is 2. The van der Waals surface area contributed by atoms with Gasteiger partial charge in [0.05, 0.1) is 5.69 Å². The SMILES string of the molecule is CC[C@@]1(c2ccc(COc3cccc(Cl)c3)cc2)Oc2cccnc2-n2cccc2C1=O. The highest BCUT2D eigenvalue weighted by molar-refractivity contribution is 6.30. The van der Waals surface area contributed by atoms with Crippen molar-refractivity contribution >= 4 is 17.4 Å². The zero-order valence-corrected chi connectivity index (χ0v) is 18.3. The van der Waals surface area contributed by atoms with E-state index in [-0.39, 0.29) is 5.78 Å². The van der Waals surface area contributed by atoms with Crippen molar-refractivity contribution in [1.82, 2.24) is 9.55 Å². The lowest BCUT2D eigenvalue weighted by Gasteiger charge is -2.31. The van der Waals surface area contributed by atoms with E-state index in [4.69, 9.17) is 21.1 Å². The van der Waals surface area contributed by atoms with Crippen LogP contribution in [0.5, 0.6) is 11.5 Å². The summed E-state index contributed by atoms with van der Waals surface area (Å²) in [6, 6.07) is 22.4. The Morgan fingerprint density at radius 3 is 2.69 bits per heavy atom. The molecule has 2 aromatic carbocycles. The fourth-order valence-corrected chi connectivity index (χ4v) is 4.24. The third-order valence-corrected chi connectivity index (χ3v) is 5.97. The minimum absolute atomic E-state index is 0.0917. The molecule has 160 valence electrons. The van der Waals surface area contributed by atoms with Crippen molar-refractivity contribution in [2.45, 2.75) is 25.6 Å². The average molecular weight is 445 g/mol. The van der Waals surface area contributed by atoms with Gasteiger partial charge in [0.15, 0.2) is 17.2 Å². The molecule has 3 heterocycles. The van der Waals surface area contributed by atoms with E-state index >= 15 is 0 Å². The highest BCUT2D eigenvalue weighted by Crippen LogP contribution is 2.40. The van der Waals surface area contributed by atoms with E-state index in [1.165, 1.54) is 0 Å². The van der Waals surface area contributed by atoms with Crippen LogP contribution in [-0.4, -0.2) is 15.3 Å². The standard InChI is InChI=1S/C26H21ClN2O3/c1-2-26(19-12-10-18(11-13-19)17-31-21-7-3-6-20(27)16-21)24(30)22-8-5-15-29(22)25-23(32-26)9-4-14-28-25/h3-16H,2,17H2,1H3/t26-/m0/s1. The monoisotopic (exact) mass is 444 g/mol. The minimum Gasteiger partial charge on any atom is -0.489 e. The van der Waals surface area contributed by atoms with Gasteiger partial charge >= 0.3 is 0 Å². The van der Waals surface area contributed by atoms with Crippen LogP contribution in [-0.2, 0) is 12.2 Å². The Kier molecular flexibility index (Phi) is 5.19. The highest BCUT2D eigenvalue weighted by Gasteiger charge is 2.45. The van der Waals surface area contributed by atoms with Gasteiger partial charge in [-0.05, 0) is 54.4 Å². The number of carbonyl (C=O) groups excluding carboxylic acids is 1. The number of carbonyl (C=O) groups is 1. The fraction of sp³-hybridized carbons (Fsp3) is 0.154. The van der Waals surface area contributed by atoms with Gasteiger partial charge in [-0.3, -0.25) is 9.36 Å². The molecule has 6 heteroatoms. The predicted molar refractivity (Wildman–Crippen MR) is 123 cm³/mol. The number of ketones is 1. The second kappa shape index (κ2) is 8.17. The van der Waals surface area contributed by atoms with Crippen LogP contribution >= 0.6 is 11.6 Å². The maximum Gasteiger partial charge on any atom is 0.227 e. The summed E-state index contributed by atoms with van der Waals surface area (Å²) >= 11 is 6.02. The summed E-state index contributed by atoms with van der Waals surface area (Å²) in [7, 11) is 0. The molecule has 0 bridgehead atoms. The zero-order chi connectivity index (χ0) is 22.1. The molecule has 32 heavy (non-hydrogen) atoms. The molecule has 0 radical (unpaired) electrons.